The van der Waals surface area contributed by atoms with Crippen molar-refractivity contribution in [2.45, 2.75) is 26.3 Å². The van der Waals surface area contributed by atoms with Gasteiger partial charge in [-0.15, -0.1) is 0 Å². The molecule has 0 saturated carbocycles. The van der Waals surface area contributed by atoms with Gasteiger partial charge in [0.2, 0.25) is 0 Å². The molecular formula is C17H24ClN3O2. The Hall–Kier alpha value is -1.75. The van der Waals surface area contributed by atoms with Gasteiger partial charge in [-0.2, -0.15) is 0 Å². The van der Waals surface area contributed by atoms with Crippen molar-refractivity contribution in [3.63, 3.8) is 0 Å². The molecule has 1 aromatic rings. The number of hydrogen-bond donors (Lipinski definition) is 1. The summed E-state index contributed by atoms with van der Waals surface area (Å²) in [6.45, 7) is 4.57. The van der Waals surface area contributed by atoms with Crippen LogP contribution in [0.3, 0.4) is 0 Å². The highest BCUT2D eigenvalue weighted by Gasteiger charge is 2.27. The van der Waals surface area contributed by atoms with Crippen LogP contribution < -0.4 is 5.32 Å². The number of benzene rings is 1. The second-order valence-electron chi connectivity index (χ2n) is 5.54. The minimum Gasteiger partial charge on any atom is -0.466 e. The SMILES string of the molecule is CCOC(=O)C1CCN(C(=NC)NCc2cccc(Cl)c2)CC1. The molecule has 1 saturated heterocycles. The van der Waals surface area contributed by atoms with Gasteiger partial charge in [0.15, 0.2) is 5.96 Å². The molecule has 2 rings (SSSR count). The monoisotopic (exact) mass is 337 g/mol. The molecule has 1 aliphatic rings. The van der Waals surface area contributed by atoms with Crippen molar-refractivity contribution >= 4 is 23.5 Å². The minimum atomic E-state index is -0.0750. The number of carbonyl (C=O) groups is 1. The van der Waals surface area contributed by atoms with E-state index in [-0.39, 0.29) is 11.9 Å². The third-order valence-electron chi connectivity index (χ3n) is 3.97. The zero-order valence-electron chi connectivity index (χ0n) is 13.7. The van der Waals surface area contributed by atoms with Crippen molar-refractivity contribution in [1.29, 1.82) is 0 Å². The predicted molar refractivity (Wildman–Crippen MR) is 92.6 cm³/mol. The minimum absolute atomic E-state index is 0.0113. The van der Waals surface area contributed by atoms with Crippen LogP contribution in [0.25, 0.3) is 0 Å². The lowest BCUT2D eigenvalue weighted by Gasteiger charge is -2.33. The Kier molecular flexibility index (Phi) is 6.71. The van der Waals surface area contributed by atoms with E-state index in [9.17, 15) is 4.79 Å². The highest BCUT2D eigenvalue weighted by atomic mass is 35.5. The third kappa shape index (κ3) is 5.13. The Morgan fingerprint density at radius 2 is 2.17 bits per heavy atom. The zero-order chi connectivity index (χ0) is 16.7. The number of likely N-dealkylation sites (tertiary alicyclic amines) is 1. The molecule has 23 heavy (non-hydrogen) atoms. The van der Waals surface area contributed by atoms with Crippen LogP contribution in [-0.4, -0.2) is 43.6 Å². The van der Waals surface area contributed by atoms with Crippen LogP contribution in [0, 0.1) is 5.92 Å². The summed E-state index contributed by atoms with van der Waals surface area (Å²) in [6.07, 6.45) is 1.60. The van der Waals surface area contributed by atoms with Crippen molar-refractivity contribution in [3.05, 3.63) is 34.9 Å². The fourth-order valence-corrected chi connectivity index (χ4v) is 2.96. The molecule has 1 heterocycles. The number of ether oxygens (including phenoxy) is 1. The van der Waals surface area contributed by atoms with Gasteiger partial charge < -0.3 is 15.0 Å². The largest absolute Gasteiger partial charge is 0.466 e. The lowest BCUT2D eigenvalue weighted by Crippen LogP contribution is -2.46. The van der Waals surface area contributed by atoms with E-state index in [1.165, 1.54) is 0 Å². The molecule has 0 aromatic heterocycles. The van der Waals surface area contributed by atoms with E-state index < -0.39 is 0 Å². The first-order valence-electron chi connectivity index (χ1n) is 8.00. The van der Waals surface area contributed by atoms with Gasteiger partial charge >= 0.3 is 5.97 Å². The fraction of sp³-hybridized carbons (Fsp3) is 0.529. The number of carbonyl (C=O) groups excluding carboxylic acids is 1. The van der Waals surface area contributed by atoms with Gasteiger partial charge in [0.05, 0.1) is 12.5 Å². The summed E-state index contributed by atoms with van der Waals surface area (Å²) in [6, 6.07) is 7.76. The van der Waals surface area contributed by atoms with Gasteiger partial charge in [-0.05, 0) is 37.5 Å². The summed E-state index contributed by atoms with van der Waals surface area (Å²) in [5.41, 5.74) is 1.11. The van der Waals surface area contributed by atoms with Crippen LogP contribution in [-0.2, 0) is 16.1 Å². The number of aliphatic imine (C=N–C) groups is 1. The van der Waals surface area contributed by atoms with Crippen LogP contribution in [0.1, 0.15) is 25.3 Å². The van der Waals surface area contributed by atoms with Crippen LogP contribution in [0.2, 0.25) is 5.02 Å². The van der Waals surface area contributed by atoms with E-state index in [0.29, 0.717) is 13.2 Å². The Balaban J connectivity index is 1.84. The van der Waals surface area contributed by atoms with E-state index in [4.69, 9.17) is 16.3 Å². The molecule has 0 unspecified atom stereocenters. The summed E-state index contributed by atoms with van der Waals surface area (Å²) >= 11 is 6.00. The molecule has 1 fully saturated rings. The molecular weight excluding hydrogens is 314 g/mol. The second-order valence-corrected chi connectivity index (χ2v) is 5.98. The molecule has 1 aromatic carbocycles. The predicted octanol–water partition coefficient (Wildman–Crippen LogP) is 2.69. The number of nitrogens with one attached hydrogen (secondary N) is 1. The fourth-order valence-electron chi connectivity index (χ4n) is 2.75. The summed E-state index contributed by atoms with van der Waals surface area (Å²) in [7, 11) is 1.78. The third-order valence-corrected chi connectivity index (χ3v) is 4.20. The standard InChI is InChI=1S/C17H24ClN3O2/c1-3-23-16(22)14-7-9-21(10-8-14)17(19-2)20-12-13-5-4-6-15(18)11-13/h4-6,11,14H,3,7-10,12H2,1-2H3,(H,19,20). The summed E-state index contributed by atoms with van der Waals surface area (Å²) < 4.78 is 5.10. The van der Waals surface area contributed by atoms with E-state index in [1.54, 1.807) is 7.05 Å². The Bertz CT molecular complexity index is 555. The Morgan fingerprint density at radius 1 is 1.43 bits per heavy atom. The number of nitrogens with zero attached hydrogens (tertiary/aromatic N) is 2. The smallest absolute Gasteiger partial charge is 0.309 e. The van der Waals surface area contributed by atoms with E-state index >= 15 is 0 Å². The second kappa shape index (κ2) is 8.77. The molecule has 0 atom stereocenters. The van der Waals surface area contributed by atoms with Crippen molar-refractivity contribution < 1.29 is 9.53 Å². The number of guanidine groups is 1. The van der Waals surface area contributed by atoms with Crippen molar-refractivity contribution in [1.82, 2.24) is 10.2 Å². The summed E-state index contributed by atoms with van der Waals surface area (Å²) in [5, 5.41) is 4.08. The lowest BCUT2D eigenvalue weighted by molar-refractivity contribution is -0.149. The van der Waals surface area contributed by atoms with E-state index in [0.717, 1.165) is 42.5 Å². The average Bonchev–Trinajstić information content (AvgIpc) is 2.56. The Labute approximate surface area is 142 Å². The van der Waals surface area contributed by atoms with Crippen molar-refractivity contribution in [3.8, 4) is 0 Å². The van der Waals surface area contributed by atoms with Crippen LogP contribution >= 0.6 is 11.6 Å². The molecule has 0 aliphatic carbocycles. The molecule has 1 aliphatic heterocycles. The molecule has 0 amide bonds. The molecule has 5 nitrogen and oxygen atoms in total. The average molecular weight is 338 g/mol. The van der Waals surface area contributed by atoms with Gasteiger partial charge in [-0.25, -0.2) is 0 Å². The maximum Gasteiger partial charge on any atom is 0.309 e. The quantitative estimate of drug-likeness (QED) is 0.521. The summed E-state index contributed by atoms with van der Waals surface area (Å²) in [4.78, 5) is 18.3. The first-order chi connectivity index (χ1) is 11.1. The number of esters is 1. The zero-order valence-corrected chi connectivity index (χ0v) is 14.5. The first-order valence-corrected chi connectivity index (χ1v) is 8.38. The van der Waals surface area contributed by atoms with Crippen LogP contribution in [0.4, 0.5) is 0 Å². The Morgan fingerprint density at radius 3 is 2.78 bits per heavy atom. The van der Waals surface area contributed by atoms with E-state index in [2.05, 4.69) is 15.2 Å². The van der Waals surface area contributed by atoms with E-state index in [1.807, 2.05) is 31.2 Å². The number of rotatable bonds is 4. The molecule has 1 N–H and O–H groups in total. The van der Waals surface area contributed by atoms with Gasteiger partial charge in [0.1, 0.15) is 0 Å². The maximum atomic E-state index is 11.8. The number of piperidine rings is 1. The van der Waals surface area contributed by atoms with Crippen LogP contribution in [0.15, 0.2) is 29.3 Å². The molecule has 0 bridgehead atoms. The first kappa shape index (κ1) is 17.6. The van der Waals surface area contributed by atoms with Crippen molar-refractivity contribution in [2.24, 2.45) is 10.9 Å². The number of halogens is 1. The summed E-state index contributed by atoms with van der Waals surface area (Å²) in [5.74, 6) is 0.790. The van der Waals surface area contributed by atoms with Gasteiger partial charge in [-0.1, -0.05) is 23.7 Å². The van der Waals surface area contributed by atoms with Gasteiger partial charge in [0.25, 0.3) is 0 Å². The lowest BCUT2D eigenvalue weighted by atomic mass is 9.97. The molecule has 0 radical (unpaired) electrons. The van der Waals surface area contributed by atoms with Gasteiger partial charge in [0, 0.05) is 31.7 Å². The normalized spacial score (nSPS) is 16.3. The number of hydrogen-bond acceptors (Lipinski definition) is 3. The molecule has 126 valence electrons. The van der Waals surface area contributed by atoms with Crippen molar-refractivity contribution in [2.75, 3.05) is 26.7 Å². The molecule has 6 heteroatoms. The topological polar surface area (TPSA) is 53.9 Å². The van der Waals surface area contributed by atoms with Crippen LogP contribution in [0.5, 0.6) is 0 Å². The molecule has 0 spiro atoms. The highest BCUT2D eigenvalue weighted by Crippen LogP contribution is 2.19. The maximum absolute atomic E-state index is 11.8. The van der Waals surface area contributed by atoms with Gasteiger partial charge in [-0.3, -0.25) is 9.79 Å². The highest BCUT2D eigenvalue weighted by molar-refractivity contribution is 6.30.